The minimum Gasteiger partial charge on any atom is -0.497 e. The van der Waals surface area contributed by atoms with Crippen LogP contribution in [0.1, 0.15) is 52.9 Å². The summed E-state index contributed by atoms with van der Waals surface area (Å²) in [7, 11) is 0. The highest BCUT2D eigenvalue weighted by atomic mass is 16.5. The molecule has 0 unspecified atom stereocenters. The predicted molar refractivity (Wildman–Crippen MR) is 60.7 cm³/mol. The third kappa shape index (κ3) is 6.15. The number of hydrogen-bond donors (Lipinski definition) is 1. The molecule has 0 aromatic heterocycles. The monoisotopic (exact) mass is 214 g/mol. The zero-order valence-electron chi connectivity index (χ0n) is 10.0. The van der Waals surface area contributed by atoms with E-state index in [0.717, 1.165) is 32.1 Å². The van der Waals surface area contributed by atoms with Crippen LogP contribution in [0.2, 0.25) is 0 Å². The summed E-state index contributed by atoms with van der Waals surface area (Å²) >= 11 is 0. The maximum Gasteiger partial charge on any atom is 0.334 e. The van der Waals surface area contributed by atoms with Crippen LogP contribution in [0, 0.1) is 0 Å². The molecule has 1 N–H and O–H groups in total. The van der Waals surface area contributed by atoms with Gasteiger partial charge in [0.05, 0.1) is 12.2 Å². The number of hydrogen-bond acceptors (Lipinski definition) is 2. The Morgan fingerprint density at radius 1 is 1.20 bits per heavy atom. The number of carboxylic acids is 1. The lowest BCUT2D eigenvalue weighted by atomic mass is 10.1. The molecule has 15 heavy (non-hydrogen) atoms. The molecule has 0 rings (SSSR count). The van der Waals surface area contributed by atoms with Crippen molar-refractivity contribution in [2.45, 2.75) is 52.9 Å². The van der Waals surface area contributed by atoms with Crippen molar-refractivity contribution >= 4 is 5.97 Å². The van der Waals surface area contributed by atoms with Crippen molar-refractivity contribution < 1.29 is 14.6 Å². The summed E-state index contributed by atoms with van der Waals surface area (Å²) in [6, 6.07) is 0. The van der Waals surface area contributed by atoms with Crippen LogP contribution in [0.15, 0.2) is 11.3 Å². The Kier molecular flexibility index (Phi) is 7.78. The van der Waals surface area contributed by atoms with Gasteiger partial charge in [-0.25, -0.2) is 4.79 Å². The molecule has 0 amide bonds. The van der Waals surface area contributed by atoms with Crippen LogP contribution in [0.3, 0.4) is 0 Å². The first-order valence-corrected chi connectivity index (χ1v) is 5.69. The second-order valence-electron chi connectivity index (χ2n) is 3.66. The SMILES string of the molecule is CCCCOC(CCCC)=C(C)C(=O)O. The molecule has 0 fully saturated rings. The lowest BCUT2D eigenvalue weighted by Crippen LogP contribution is -2.05. The molecular weight excluding hydrogens is 192 g/mol. The van der Waals surface area contributed by atoms with E-state index in [1.54, 1.807) is 6.92 Å². The second-order valence-corrected chi connectivity index (χ2v) is 3.66. The minimum atomic E-state index is -0.877. The van der Waals surface area contributed by atoms with Crippen LogP contribution in [0.5, 0.6) is 0 Å². The van der Waals surface area contributed by atoms with Gasteiger partial charge in [0.25, 0.3) is 0 Å². The molecule has 0 aromatic carbocycles. The fourth-order valence-corrected chi connectivity index (χ4v) is 1.16. The molecule has 0 aliphatic heterocycles. The zero-order chi connectivity index (χ0) is 11.7. The van der Waals surface area contributed by atoms with Crippen LogP contribution in [0.25, 0.3) is 0 Å². The third-order valence-corrected chi connectivity index (χ3v) is 2.27. The standard InChI is InChI=1S/C12H22O3/c1-4-6-8-11(10(3)12(13)14)15-9-7-5-2/h4-9H2,1-3H3,(H,13,14). The van der Waals surface area contributed by atoms with E-state index in [-0.39, 0.29) is 0 Å². The van der Waals surface area contributed by atoms with Crippen molar-refractivity contribution in [3.8, 4) is 0 Å². The fourth-order valence-electron chi connectivity index (χ4n) is 1.16. The van der Waals surface area contributed by atoms with Crippen molar-refractivity contribution in [1.82, 2.24) is 0 Å². The number of allylic oxidation sites excluding steroid dienone is 1. The van der Waals surface area contributed by atoms with Gasteiger partial charge in [-0.1, -0.05) is 26.7 Å². The van der Waals surface area contributed by atoms with Gasteiger partial charge in [-0.05, 0) is 19.8 Å². The molecule has 0 heterocycles. The number of carboxylic acid groups (broad SMARTS) is 1. The molecule has 0 atom stereocenters. The van der Waals surface area contributed by atoms with E-state index in [4.69, 9.17) is 9.84 Å². The van der Waals surface area contributed by atoms with Crippen molar-refractivity contribution in [2.75, 3.05) is 6.61 Å². The first-order chi connectivity index (χ1) is 7.13. The summed E-state index contributed by atoms with van der Waals surface area (Å²) in [5.74, 6) is -0.226. The summed E-state index contributed by atoms with van der Waals surface area (Å²) in [6.07, 6.45) is 4.80. The normalized spacial score (nSPS) is 12.2. The average Bonchev–Trinajstić information content (AvgIpc) is 2.22. The highest BCUT2D eigenvalue weighted by molar-refractivity contribution is 5.86. The van der Waals surface area contributed by atoms with Gasteiger partial charge in [0.15, 0.2) is 0 Å². The van der Waals surface area contributed by atoms with Gasteiger partial charge in [-0.3, -0.25) is 0 Å². The van der Waals surface area contributed by atoms with Gasteiger partial charge in [-0.2, -0.15) is 0 Å². The predicted octanol–water partition coefficient (Wildman–Crippen LogP) is 3.35. The van der Waals surface area contributed by atoms with Crippen molar-refractivity contribution in [1.29, 1.82) is 0 Å². The molecular formula is C12H22O3. The van der Waals surface area contributed by atoms with Crippen molar-refractivity contribution in [2.24, 2.45) is 0 Å². The largest absolute Gasteiger partial charge is 0.497 e. The minimum absolute atomic E-state index is 0.347. The Hall–Kier alpha value is -0.990. The maximum absolute atomic E-state index is 10.8. The summed E-state index contributed by atoms with van der Waals surface area (Å²) in [5.41, 5.74) is 0.347. The zero-order valence-corrected chi connectivity index (χ0v) is 10.0. The molecule has 0 radical (unpaired) electrons. The average molecular weight is 214 g/mol. The van der Waals surface area contributed by atoms with E-state index in [0.29, 0.717) is 17.9 Å². The fraction of sp³-hybridized carbons (Fsp3) is 0.750. The summed E-state index contributed by atoms with van der Waals surface area (Å²) in [6.45, 7) is 6.40. The van der Waals surface area contributed by atoms with Crippen LogP contribution in [-0.4, -0.2) is 17.7 Å². The van der Waals surface area contributed by atoms with Gasteiger partial charge in [0, 0.05) is 6.42 Å². The molecule has 0 spiro atoms. The van der Waals surface area contributed by atoms with Gasteiger partial charge in [0.2, 0.25) is 0 Å². The number of aliphatic carboxylic acids is 1. The summed E-state index contributed by atoms with van der Waals surface area (Å²) in [5, 5.41) is 8.87. The van der Waals surface area contributed by atoms with E-state index in [1.165, 1.54) is 0 Å². The van der Waals surface area contributed by atoms with E-state index >= 15 is 0 Å². The molecule has 0 saturated heterocycles. The van der Waals surface area contributed by atoms with Crippen LogP contribution >= 0.6 is 0 Å². The maximum atomic E-state index is 10.8. The lowest BCUT2D eigenvalue weighted by molar-refractivity contribution is -0.132. The topological polar surface area (TPSA) is 46.5 Å². The number of unbranched alkanes of at least 4 members (excludes halogenated alkanes) is 2. The second kappa shape index (κ2) is 8.33. The molecule has 0 saturated carbocycles. The van der Waals surface area contributed by atoms with Crippen LogP contribution in [0.4, 0.5) is 0 Å². The Labute approximate surface area is 92.1 Å². The van der Waals surface area contributed by atoms with E-state index in [9.17, 15) is 4.79 Å². The first kappa shape index (κ1) is 14.0. The Morgan fingerprint density at radius 3 is 2.27 bits per heavy atom. The number of carbonyl (C=O) groups is 1. The number of ether oxygens (including phenoxy) is 1. The van der Waals surface area contributed by atoms with Crippen LogP contribution in [-0.2, 0) is 9.53 Å². The van der Waals surface area contributed by atoms with Crippen molar-refractivity contribution in [3.63, 3.8) is 0 Å². The van der Waals surface area contributed by atoms with Crippen molar-refractivity contribution in [3.05, 3.63) is 11.3 Å². The highest BCUT2D eigenvalue weighted by Crippen LogP contribution is 2.15. The first-order valence-electron chi connectivity index (χ1n) is 5.69. The molecule has 3 nitrogen and oxygen atoms in total. The summed E-state index contributed by atoms with van der Waals surface area (Å²) < 4.78 is 5.51. The molecule has 0 aliphatic rings. The van der Waals surface area contributed by atoms with E-state index in [1.807, 2.05) is 0 Å². The Bertz CT molecular complexity index is 219. The quantitative estimate of drug-likeness (QED) is 0.383. The summed E-state index contributed by atoms with van der Waals surface area (Å²) in [4.78, 5) is 10.8. The van der Waals surface area contributed by atoms with Gasteiger partial charge < -0.3 is 9.84 Å². The molecule has 88 valence electrons. The molecule has 3 heteroatoms. The van der Waals surface area contributed by atoms with Gasteiger partial charge >= 0.3 is 5.97 Å². The molecule has 0 aromatic rings. The van der Waals surface area contributed by atoms with Gasteiger partial charge in [-0.15, -0.1) is 0 Å². The highest BCUT2D eigenvalue weighted by Gasteiger charge is 2.10. The Morgan fingerprint density at radius 2 is 1.80 bits per heavy atom. The van der Waals surface area contributed by atoms with E-state index in [2.05, 4.69) is 13.8 Å². The lowest BCUT2D eigenvalue weighted by Gasteiger charge is -2.11. The smallest absolute Gasteiger partial charge is 0.334 e. The van der Waals surface area contributed by atoms with Gasteiger partial charge in [0.1, 0.15) is 5.76 Å². The molecule has 0 bridgehead atoms. The van der Waals surface area contributed by atoms with E-state index < -0.39 is 5.97 Å². The third-order valence-electron chi connectivity index (χ3n) is 2.27. The Balaban J connectivity index is 4.29. The molecule has 0 aliphatic carbocycles. The van der Waals surface area contributed by atoms with Crippen LogP contribution < -0.4 is 0 Å². The number of rotatable bonds is 8.